The molecule has 3 rings (SSSR count). The lowest BCUT2D eigenvalue weighted by Crippen LogP contribution is -2.52. The fourth-order valence-electron chi connectivity index (χ4n) is 3.87. The Hall–Kier alpha value is -1.51. The highest BCUT2D eigenvalue weighted by atomic mass is 32.2. The molecule has 1 saturated carbocycles. The van der Waals surface area contributed by atoms with E-state index in [-0.39, 0.29) is 16.8 Å². The van der Waals surface area contributed by atoms with Gasteiger partial charge >= 0.3 is 0 Å². The second-order valence-electron chi connectivity index (χ2n) is 7.57. The van der Waals surface area contributed by atoms with Gasteiger partial charge in [0.1, 0.15) is 5.82 Å². The van der Waals surface area contributed by atoms with Gasteiger partial charge in [0.25, 0.3) is 0 Å². The molecule has 1 aromatic rings. The van der Waals surface area contributed by atoms with Crippen molar-refractivity contribution in [1.29, 1.82) is 0 Å². The van der Waals surface area contributed by atoms with Crippen molar-refractivity contribution in [1.82, 2.24) is 14.5 Å². The number of halogens is 1. The molecule has 0 unspecified atom stereocenters. The van der Waals surface area contributed by atoms with E-state index in [1.54, 1.807) is 0 Å². The van der Waals surface area contributed by atoms with Crippen molar-refractivity contribution >= 4 is 15.9 Å². The van der Waals surface area contributed by atoms with Crippen molar-refractivity contribution in [3.63, 3.8) is 0 Å². The van der Waals surface area contributed by atoms with Gasteiger partial charge in [0.05, 0.1) is 11.4 Å². The van der Waals surface area contributed by atoms with Crippen molar-refractivity contribution in [3.05, 3.63) is 30.1 Å². The van der Waals surface area contributed by atoms with Crippen molar-refractivity contribution in [3.8, 4) is 0 Å². The Morgan fingerprint density at radius 3 is 2.37 bits per heavy atom. The third kappa shape index (κ3) is 5.06. The molecule has 8 heteroatoms. The van der Waals surface area contributed by atoms with E-state index < -0.39 is 15.8 Å². The Bertz CT molecular complexity index is 746. The molecular weight excluding hydrogens is 369 g/mol. The molecule has 150 valence electrons. The van der Waals surface area contributed by atoms with Crippen molar-refractivity contribution in [2.24, 2.45) is 5.92 Å². The summed E-state index contributed by atoms with van der Waals surface area (Å²) in [5.41, 5.74) is 0. The zero-order valence-electron chi connectivity index (χ0n) is 15.7. The Morgan fingerprint density at radius 1 is 1.11 bits per heavy atom. The van der Waals surface area contributed by atoms with Crippen LogP contribution in [-0.2, 0) is 14.8 Å². The van der Waals surface area contributed by atoms with Crippen molar-refractivity contribution in [2.45, 2.75) is 43.5 Å². The lowest BCUT2D eigenvalue weighted by Gasteiger charge is -2.34. The van der Waals surface area contributed by atoms with E-state index in [4.69, 9.17) is 0 Å². The number of piperazine rings is 1. The highest BCUT2D eigenvalue weighted by Crippen LogP contribution is 2.23. The number of hydrogen-bond donors (Lipinski definition) is 1. The number of carbonyl (C=O) groups excluding carboxylic acids is 1. The van der Waals surface area contributed by atoms with E-state index in [0.29, 0.717) is 38.6 Å². The average molecular weight is 398 g/mol. The van der Waals surface area contributed by atoms with Crippen LogP contribution in [0.2, 0.25) is 0 Å². The number of nitrogens with one attached hydrogen (secondary N) is 1. The van der Waals surface area contributed by atoms with Gasteiger partial charge in [-0.05, 0) is 43.0 Å². The molecule has 6 nitrogen and oxygen atoms in total. The molecule has 2 atom stereocenters. The van der Waals surface area contributed by atoms with E-state index in [1.165, 1.54) is 22.9 Å². The van der Waals surface area contributed by atoms with Gasteiger partial charge in [0.15, 0.2) is 0 Å². The zero-order chi connectivity index (χ0) is 19.4. The van der Waals surface area contributed by atoms with Crippen LogP contribution in [0.5, 0.6) is 0 Å². The van der Waals surface area contributed by atoms with Gasteiger partial charge in [-0.25, -0.2) is 12.8 Å². The number of carbonyl (C=O) groups is 1. The van der Waals surface area contributed by atoms with E-state index in [1.807, 2.05) is 4.90 Å². The van der Waals surface area contributed by atoms with Gasteiger partial charge in [0, 0.05) is 32.2 Å². The smallest absolute Gasteiger partial charge is 0.243 e. The summed E-state index contributed by atoms with van der Waals surface area (Å²) in [6.07, 6.45) is 4.59. The lowest BCUT2D eigenvalue weighted by atomic mass is 9.86. The van der Waals surface area contributed by atoms with Crippen LogP contribution in [0, 0.1) is 11.7 Å². The molecule has 1 amide bonds. The third-order valence-electron chi connectivity index (χ3n) is 5.61. The minimum Gasteiger partial charge on any atom is -0.352 e. The van der Waals surface area contributed by atoms with Crippen LogP contribution in [0.25, 0.3) is 0 Å². The summed E-state index contributed by atoms with van der Waals surface area (Å²) in [6, 6.07) is 5.14. The molecule has 2 fully saturated rings. The minimum absolute atomic E-state index is 0.0172. The maximum atomic E-state index is 13.0. The SMILES string of the molecule is C[C@H]1CCCC[C@@H]1NC(=O)CN1CCN(S(=O)(=O)c2ccc(F)cc2)CC1. The summed E-state index contributed by atoms with van der Waals surface area (Å²) in [5, 5.41) is 3.14. The van der Waals surface area contributed by atoms with Gasteiger partial charge in [-0.1, -0.05) is 19.8 Å². The molecule has 1 heterocycles. The second kappa shape index (κ2) is 8.67. The normalized spacial score (nSPS) is 25.3. The van der Waals surface area contributed by atoms with Gasteiger partial charge in [-0.3, -0.25) is 9.69 Å². The molecule has 1 aliphatic carbocycles. The zero-order valence-corrected chi connectivity index (χ0v) is 16.5. The molecular formula is C19H28FN3O3S. The monoisotopic (exact) mass is 397 g/mol. The Kier molecular flexibility index (Phi) is 6.49. The largest absolute Gasteiger partial charge is 0.352 e. The Balaban J connectivity index is 1.49. The summed E-state index contributed by atoms with van der Waals surface area (Å²) < 4.78 is 39.7. The van der Waals surface area contributed by atoms with Crippen LogP contribution in [-0.4, -0.2) is 62.3 Å². The molecule has 1 aliphatic heterocycles. The molecule has 1 saturated heterocycles. The Labute approximate surface area is 160 Å². The highest BCUT2D eigenvalue weighted by Gasteiger charge is 2.30. The average Bonchev–Trinajstić information content (AvgIpc) is 2.64. The predicted molar refractivity (Wildman–Crippen MR) is 101 cm³/mol. The molecule has 0 radical (unpaired) electrons. The van der Waals surface area contributed by atoms with Gasteiger partial charge in [-0.15, -0.1) is 0 Å². The van der Waals surface area contributed by atoms with E-state index in [2.05, 4.69) is 12.2 Å². The molecule has 0 aromatic heterocycles. The highest BCUT2D eigenvalue weighted by molar-refractivity contribution is 7.89. The topological polar surface area (TPSA) is 69.7 Å². The summed E-state index contributed by atoms with van der Waals surface area (Å²) in [7, 11) is -3.62. The maximum absolute atomic E-state index is 13.0. The quantitative estimate of drug-likeness (QED) is 0.823. The number of nitrogens with zero attached hydrogens (tertiary/aromatic N) is 2. The van der Waals surface area contributed by atoms with Gasteiger partial charge in [-0.2, -0.15) is 4.31 Å². The summed E-state index contributed by atoms with van der Waals surface area (Å²) in [6.45, 7) is 4.15. The van der Waals surface area contributed by atoms with E-state index in [9.17, 15) is 17.6 Å². The number of sulfonamides is 1. The van der Waals surface area contributed by atoms with E-state index >= 15 is 0 Å². The van der Waals surface area contributed by atoms with Crippen molar-refractivity contribution in [2.75, 3.05) is 32.7 Å². The van der Waals surface area contributed by atoms with E-state index in [0.717, 1.165) is 31.4 Å². The van der Waals surface area contributed by atoms with Crippen LogP contribution in [0.4, 0.5) is 4.39 Å². The number of hydrogen-bond acceptors (Lipinski definition) is 4. The maximum Gasteiger partial charge on any atom is 0.243 e. The number of rotatable bonds is 5. The molecule has 2 aliphatic rings. The molecule has 0 bridgehead atoms. The van der Waals surface area contributed by atoms with Crippen LogP contribution < -0.4 is 5.32 Å². The summed E-state index contributed by atoms with van der Waals surface area (Å²) in [5.74, 6) is 0.0704. The molecule has 1 N–H and O–H groups in total. The lowest BCUT2D eigenvalue weighted by molar-refractivity contribution is -0.123. The second-order valence-corrected chi connectivity index (χ2v) is 9.51. The van der Waals surface area contributed by atoms with Crippen LogP contribution in [0.1, 0.15) is 32.6 Å². The third-order valence-corrected chi connectivity index (χ3v) is 7.52. The van der Waals surface area contributed by atoms with Gasteiger partial charge in [0.2, 0.25) is 15.9 Å². The van der Waals surface area contributed by atoms with Gasteiger partial charge < -0.3 is 5.32 Å². The van der Waals surface area contributed by atoms with Crippen LogP contribution in [0.15, 0.2) is 29.2 Å². The first kappa shape index (κ1) is 20.2. The molecule has 27 heavy (non-hydrogen) atoms. The van der Waals surface area contributed by atoms with Crippen molar-refractivity contribution < 1.29 is 17.6 Å². The molecule has 1 aromatic carbocycles. The first-order valence-corrected chi connectivity index (χ1v) is 11.1. The first-order chi connectivity index (χ1) is 12.9. The number of amides is 1. The Morgan fingerprint density at radius 2 is 1.74 bits per heavy atom. The molecule has 0 spiro atoms. The van der Waals surface area contributed by atoms with Crippen LogP contribution in [0.3, 0.4) is 0 Å². The van der Waals surface area contributed by atoms with Crippen LogP contribution >= 0.6 is 0 Å². The fraction of sp³-hybridized carbons (Fsp3) is 0.632. The first-order valence-electron chi connectivity index (χ1n) is 9.64. The standard InChI is InChI=1S/C19H28FN3O3S/c1-15-4-2-3-5-18(15)21-19(24)14-22-10-12-23(13-11-22)27(25,26)17-8-6-16(20)7-9-17/h6-9,15,18H,2-5,10-14H2,1H3,(H,21,24)/t15-,18-/m0/s1. The summed E-state index contributed by atoms with van der Waals surface area (Å²) in [4.78, 5) is 14.4. The number of benzene rings is 1. The minimum atomic E-state index is -3.62. The predicted octanol–water partition coefficient (Wildman–Crippen LogP) is 1.83. The summed E-state index contributed by atoms with van der Waals surface area (Å²) >= 11 is 0. The fourth-order valence-corrected chi connectivity index (χ4v) is 5.29.